The van der Waals surface area contributed by atoms with Gasteiger partial charge in [-0.15, -0.1) is 0 Å². The van der Waals surface area contributed by atoms with Crippen LogP contribution in [0.1, 0.15) is 25.5 Å². The van der Waals surface area contributed by atoms with Gasteiger partial charge >= 0.3 is 0 Å². The highest BCUT2D eigenvalue weighted by molar-refractivity contribution is 8.00. The summed E-state index contributed by atoms with van der Waals surface area (Å²) in [5, 5.41) is 9.58. The van der Waals surface area contributed by atoms with Crippen molar-refractivity contribution < 1.29 is 0 Å². The van der Waals surface area contributed by atoms with E-state index in [-0.39, 0.29) is 0 Å². The Hall–Kier alpha value is -1.00. The Morgan fingerprint density at radius 1 is 1.45 bits per heavy atom. The lowest BCUT2D eigenvalue weighted by Crippen LogP contribution is -2.45. The van der Waals surface area contributed by atoms with E-state index >= 15 is 0 Å². The first-order valence-corrected chi connectivity index (χ1v) is 8.34. The number of fused-ring (bicyclic) bond motifs is 1. The lowest BCUT2D eigenvalue weighted by molar-refractivity contribution is 0.420. The van der Waals surface area contributed by atoms with Gasteiger partial charge in [0.25, 0.3) is 0 Å². The molecule has 1 N–H and O–H groups in total. The number of aryl methyl sites for hydroxylation is 1. The average molecular weight is 289 g/mol. The van der Waals surface area contributed by atoms with Crippen LogP contribution in [0.5, 0.6) is 0 Å². The van der Waals surface area contributed by atoms with Crippen LogP contribution in [-0.4, -0.2) is 33.4 Å². The number of hydrogen-bond acceptors (Lipinski definition) is 3. The summed E-state index contributed by atoms with van der Waals surface area (Å²) in [4.78, 5) is 0. The van der Waals surface area contributed by atoms with Crippen molar-refractivity contribution >= 4 is 22.7 Å². The summed E-state index contributed by atoms with van der Waals surface area (Å²) in [5.41, 5.74) is 2.44. The van der Waals surface area contributed by atoms with E-state index in [0.717, 1.165) is 6.42 Å². The van der Waals surface area contributed by atoms with Crippen molar-refractivity contribution in [3.8, 4) is 0 Å². The molecule has 0 bridgehead atoms. The zero-order valence-electron chi connectivity index (χ0n) is 12.5. The van der Waals surface area contributed by atoms with Crippen molar-refractivity contribution in [3.05, 3.63) is 30.0 Å². The van der Waals surface area contributed by atoms with E-state index in [1.54, 1.807) is 0 Å². The van der Waals surface area contributed by atoms with Gasteiger partial charge in [-0.1, -0.05) is 18.2 Å². The average Bonchev–Trinajstić information content (AvgIpc) is 3.02. The van der Waals surface area contributed by atoms with Crippen LogP contribution in [0.3, 0.4) is 0 Å². The van der Waals surface area contributed by atoms with Gasteiger partial charge in [0.05, 0.1) is 11.2 Å². The molecule has 2 unspecified atom stereocenters. The summed E-state index contributed by atoms with van der Waals surface area (Å²) in [5.74, 6) is 1.29. The molecule has 0 radical (unpaired) electrons. The zero-order valence-corrected chi connectivity index (χ0v) is 13.3. The van der Waals surface area contributed by atoms with Gasteiger partial charge in [0, 0.05) is 29.6 Å². The number of para-hydroxylation sites is 1. The number of benzene rings is 1. The van der Waals surface area contributed by atoms with E-state index in [2.05, 4.69) is 55.3 Å². The summed E-state index contributed by atoms with van der Waals surface area (Å²) in [7, 11) is 4.12. The van der Waals surface area contributed by atoms with Gasteiger partial charge in [-0.05, 0) is 38.6 Å². The van der Waals surface area contributed by atoms with Gasteiger partial charge in [0.15, 0.2) is 0 Å². The summed E-state index contributed by atoms with van der Waals surface area (Å²) in [6, 6.07) is 9.00. The maximum Gasteiger partial charge on any atom is 0.0719 e. The maximum absolute atomic E-state index is 4.75. The second kappa shape index (κ2) is 5.41. The largest absolute Gasteiger partial charge is 0.315 e. The highest BCUT2D eigenvalue weighted by Gasteiger charge is 2.37. The molecule has 0 aliphatic carbocycles. The van der Waals surface area contributed by atoms with Crippen molar-refractivity contribution in [2.45, 2.75) is 37.0 Å². The molecule has 3 rings (SSSR count). The summed E-state index contributed by atoms with van der Waals surface area (Å²) >= 11 is 2.11. The molecule has 3 nitrogen and oxygen atoms in total. The van der Waals surface area contributed by atoms with E-state index in [1.807, 2.05) is 11.7 Å². The van der Waals surface area contributed by atoms with Crippen LogP contribution < -0.4 is 5.32 Å². The number of nitrogens with zero attached hydrogens (tertiary/aromatic N) is 2. The third-order valence-electron chi connectivity index (χ3n) is 4.57. The van der Waals surface area contributed by atoms with Gasteiger partial charge in [-0.3, -0.25) is 4.68 Å². The zero-order chi connectivity index (χ0) is 14.2. The molecule has 1 fully saturated rings. The molecule has 108 valence electrons. The standard InChI is InChI=1S/C16H23N3S/c1-16(9-6-10-20-16)15(17-2)11-13-12-7-4-5-8-14(12)19(3)18-13/h4-5,7-8,15,17H,6,9-11H2,1-3H3. The molecule has 4 heteroatoms. The lowest BCUT2D eigenvalue weighted by atomic mass is 9.92. The van der Waals surface area contributed by atoms with E-state index in [0.29, 0.717) is 10.8 Å². The topological polar surface area (TPSA) is 29.9 Å². The maximum atomic E-state index is 4.75. The van der Waals surface area contributed by atoms with Crippen LogP contribution in [0.2, 0.25) is 0 Å². The minimum Gasteiger partial charge on any atom is -0.315 e. The molecule has 1 aromatic carbocycles. The Morgan fingerprint density at radius 3 is 2.95 bits per heavy atom. The number of aromatic nitrogens is 2. The van der Waals surface area contributed by atoms with Crippen LogP contribution in [-0.2, 0) is 13.5 Å². The SMILES string of the molecule is CNC(Cc1nn(C)c2ccccc12)C1(C)CCCS1. The van der Waals surface area contributed by atoms with Gasteiger partial charge in [-0.25, -0.2) is 0 Å². The molecule has 0 amide bonds. The van der Waals surface area contributed by atoms with Gasteiger partial charge in [-0.2, -0.15) is 16.9 Å². The molecule has 0 spiro atoms. The molecule has 1 saturated heterocycles. The van der Waals surface area contributed by atoms with Gasteiger partial charge in [0.1, 0.15) is 0 Å². The summed E-state index contributed by atoms with van der Waals surface area (Å²) < 4.78 is 2.34. The number of hydrogen-bond donors (Lipinski definition) is 1. The van der Waals surface area contributed by atoms with Crippen LogP contribution in [0.15, 0.2) is 24.3 Å². The monoisotopic (exact) mass is 289 g/mol. The second-order valence-corrected chi connectivity index (χ2v) is 7.53. The molecule has 2 heterocycles. The normalized spacial score (nSPS) is 24.4. The quantitative estimate of drug-likeness (QED) is 0.938. The van der Waals surface area contributed by atoms with Crippen molar-refractivity contribution in [1.82, 2.24) is 15.1 Å². The first-order chi connectivity index (χ1) is 9.64. The first-order valence-electron chi connectivity index (χ1n) is 7.36. The molecule has 0 saturated carbocycles. The van der Waals surface area contributed by atoms with Gasteiger partial charge < -0.3 is 5.32 Å². The number of rotatable bonds is 4. The van der Waals surface area contributed by atoms with Crippen molar-refractivity contribution in [2.75, 3.05) is 12.8 Å². The Bertz CT molecular complexity index is 599. The van der Waals surface area contributed by atoms with Crippen molar-refractivity contribution in [3.63, 3.8) is 0 Å². The highest BCUT2D eigenvalue weighted by atomic mass is 32.2. The Labute approximate surface area is 125 Å². The lowest BCUT2D eigenvalue weighted by Gasteiger charge is -2.32. The van der Waals surface area contributed by atoms with Crippen LogP contribution in [0, 0.1) is 0 Å². The molecule has 1 aliphatic heterocycles. The number of nitrogens with one attached hydrogen (secondary N) is 1. The van der Waals surface area contributed by atoms with Crippen LogP contribution in [0.25, 0.3) is 10.9 Å². The second-order valence-electron chi connectivity index (χ2n) is 5.90. The third-order valence-corrected chi connectivity index (χ3v) is 6.21. The summed E-state index contributed by atoms with van der Waals surface area (Å²) in [6.45, 7) is 2.40. The van der Waals surface area contributed by atoms with Crippen LogP contribution >= 0.6 is 11.8 Å². The van der Waals surface area contributed by atoms with Crippen molar-refractivity contribution in [1.29, 1.82) is 0 Å². The predicted molar refractivity (Wildman–Crippen MR) is 87.4 cm³/mol. The Kier molecular flexibility index (Phi) is 3.78. The molecule has 2 atom stereocenters. The molecular weight excluding hydrogens is 266 g/mol. The summed E-state index contributed by atoms with van der Waals surface area (Å²) in [6.07, 6.45) is 3.64. The fourth-order valence-corrected chi connectivity index (χ4v) is 4.78. The number of likely N-dealkylation sites (N-methyl/N-ethyl adjacent to an activating group) is 1. The molecule has 1 aromatic heterocycles. The predicted octanol–water partition coefficient (Wildman–Crippen LogP) is 2.99. The molecule has 2 aromatic rings. The Morgan fingerprint density at radius 2 is 2.25 bits per heavy atom. The van der Waals surface area contributed by atoms with Crippen molar-refractivity contribution in [2.24, 2.45) is 7.05 Å². The van der Waals surface area contributed by atoms with E-state index in [1.165, 1.54) is 35.2 Å². The third kappa shape index (κ3) is 2.35. The highest BCUT2D eigenvalue weighted by Crippen LogP contribution is 2.41. The van der Waals surface area contributed by atoms with Gasteiger partial charge in [0.2, 0.25) is 0 Å². The van der Waals surface area contributed by atoms with E-state index in [4.69, 9.17) is 5.10 Å². The number of thioether (sulfide) groups is 1. The fourth-order valence-electron chi connectivity index (χ4n) is 3.33. The minimum atomic E-state index is 0.341. The first kappa shape index (κ1) is 14.0. The smallest absolute Gasteiger partial charge is 0.0719 e. The minimum absolute atomic E-state index is 0.341. The molecule has 20 heavy (non-hydrogen) atoms. The molecule has 1 aliphatic rings. The van der Waals surface area contributed by atoms with Crippen LogP contribution in [0.4, 0.5) is 0 Å². The molecular formula is C16H23N3S. The van der Waals surface area contributed by atoms with E-state index < -0.39 is 0 Å². The Balaban J connectivity index is 1.91. The fraction of sp³-hybridized carbons (Fsp3) is 0.562. The van der Waals surface area contributed by atoms with E-state index in [9.17, 15) is 0 Å².